The smallest absolute Gasteiger partial charge is 0.376 e. The van der Waals surface area contributed by atoms with Gasteiger partial charge in [0.1, 0.15) is 11.5 Å². The summed E-state index contributed by atoms with van der Waals surface area (Å²) in [6, 6.07) is 15.6. The zero-order valence-electron chi connectivity index (χ0n) is 13.0. The van der Waals surface area contributed by atoms with E-state index in [4.69, 9.17) is 9.47 Å². The maximum absolute atomic E-state index is 9.42. The minimum Gasteiger partial charge on any atom is -0.457 e. The van der Waals surface area contributed by atoms with E-state index in [1.54, 1.807) is 6.82 Å². The summed E-state index contributed by atoms with van der Waals surface area (Å²) in [5.74, 6) is 1.60. The van der Waals surface area contributed by atoms with Crippen molar-refractivity contribution in [1.29, 1.82) is 0 Å². The van der Waals surface area contributed by atoms with Gasteiger partial charge >= 0.3 is 7.05 Å². The Balaban J connectivity index is 1.53. The topological polar surface area (TPSA) is 41.9 Å². The van der Waals surface area contributed by atoms with Crippen LogP contribution in [0.2, 0.25) is 6.82 Å². The fraction of sp³-hybridized carbons (Fsp3) is 0.294. The van der Waals surface area contributed by atoms with Gasteiger partial charge in [-0.3, -0.25) is 0 Å². The minimum absolute atomic E-state index is 0.191. The van der Waals surface area contributed by atoms with Crippen LogP contribution in [0.4, 0.5) is 0 Å². The summed E-state index contributed by atoms with van der Waals surface area (Å²) in [5, 5.41) is 9.42. The van der Waals surface area contributed by atoms with Gasteiger partial charge in [-0.25, -0.2) is 0 Å². The molecule has 1 heterocycles. The Bertz CT molecular complexity index is 648. The first-order chi connectivity index (χ1) is 11.1. The monoisotopic (exact) mass is 375 g/mol. The molecule has 3 rings (SSSR count). The lowest BCUT2D eigenvalue weighted by Crippen LogP contribution is -2.57. The van der Waals surface area contributed by atoms with E-state index in [9.17, 15) is 5.02 Å². The highest BCUT2D eigenvalue weighted by molar-refractivity contribution is 9.10. The highest BCUT2D eigenvalue weighted by Gasteiger charge is 2.32. The Morgan fingerprint density at radius 3 is 2.57 bits per heavy atom. The molecule has 1 fully saturated rings. The minimum atomic E-state index is -0.393. The van der Waals surface area contributed by atoms with E-state index in [1.165, 1.54) is 0 Å². The van der Waals surface area contributed by atoms with E-state index in [2.05, 4.69) is 15.9 Å². The molecule has 23 heavy (non-hydrogen) atoms. The Kier molecular flexibility index (Phi) is 5.38. The molecule has 0 spiro atoms. The van der Waals surface area contributed by atoms with Gasteiger partial charge < -0.3 is 19.3 Å². The normalized spacial score (nSPS) is 15.3. The second kappa shape index (κ2) is 7.49. The molecule has 120 valence electrons. The summed E-state index contributed by atoms with van der Waals surface area (Å²) < 4.78 is 12.6. The zero-order valence-corrected chi connectivity index (χ0v) is 14.6. The molecule has 0 atom stereocenters. The van der Waals surface area contributed by atoms with Crippen molar-refractivity contribution in [3.63, 3.8) is 0 Å². The lowest BCUT2D eigenvalue weighted by atomic mass is 9.81. The molecule has 0 radical (unpaired) electrons. The molecular weight excluding hydrogens is 357 g/mol. The molecule has 0 bridgehead atoms. The van der Waals surface area contributed by atoms with Gasteiger partial charge in [-0.1, -0.05) is 40.2 Å². The first-order valence-corrected chi connectivity index (χ1v) is 8.46. The molecule has 1 aliphatic rings. The molecule has 2 aromatic rings. The van der Waals surface area contributed by atoms with Crippen LogP contribution in [0.3, 0.4) is 0 Å². The van der Waals surface area contributed by atoms with Crippen molar-refractivity contribution in [3.8, 4) is 11.5 Å². The standard InChI is InChI=1S/C17H19BBrNO3/c1-18(21)20-10-16(11-20)22-12-13-7-8-15(9-17(13)19)23-14-5-3-2-4-6-14/h2-9,16,21H,10-12H2,1H3. The van der Waals surface area contributed by atoms with Crippen LogP contribution in [0, 0.1) is 0 Å². The number of ether oxygens (including phenoxy) is 2. The van der Waals surface area contributed by atoms with Crippen molar-refractivity contribution in [2.24, 2.45) is 0 Å². The molecule has 4 nitrogen and oxygen atoms in total. The fourth-order valence-electron chi connectivity index (χ4n) is 2.42. The van der Waals surface area contributed by atoms with E-state index < -0.39 is 7.05 Å². The third kappa shape index (κ3) is 4.35. The molecule has 1 saturated heterocycles. The van der Waals surface area contributed by atoms with Crippen LogP contribution in [0.15, 0.2) is 53.0 Å². The average molecular weight is 376 g/mol. The van der Waals surface area contributed by atoms with Crippen LogP contribution in [0.25, 0.3) is 0 Å². The van der Waals surface area contributed by atoms with Gasteiger partial charge in [-0.2, -0.15) is 0 Å². The van der Waals surface area contributed by atoms with Gasteiger partial charge in [0, 0.05) is 17.6 Å². The first-order valence-electron chi connectivity index (χ1n) is 7.67. The van der Waals surface area contributed by atoms with E-state index in [1.807, 2.05) is 53.3 Å². The predicted molar refractivity (Wildman–Crippen MR) is 94.6 cm³/mol. The van der Waals surface area contributed by atoms with Gasteiger partial charge in [-0.15, -0.1) is 0 Å². The number of rotatable bonds is 6. The maximum Gasteiger partial charge on any atom is 0.376 e. The van der Waals surface area contributed by atoms with E-state index in [0.29, 0.717) is 6.61 Å². The van der Waals surface area contributed by atoms with E-state index >= 15 is 0 Å². The molecule has 1 N–H and O–H groups in total. The van der Waals surface area contributed by atoms with Crippen LogP contribution < -0.4 is 4.74 Å². The molecule has 1 aliphatic heterocycles. The maximum atomic E-state index is 9.42. The summed E-state index contributed by atoms with van der Waals surface area (Å²) >= 11 is 3.58. The third-order valence-corrected chi connectivity index (χ3v) is 4.62. The highest BCUT2D eigenvalue weighted by atomic mass is 79.9. The molecule has 0 unspecified atom stereocenters. The first kappa shape index (κ1) is 16.5. The van der Waals surface area contributed by atoms with Crippen molar-refractivity contribution in [2.45, 2.75) is 19.5 Å². The summed E-state index contributed by atoms with van der Waals surface area (Å²) in [5.41, 5.74) is 1.08. The van der Waals surface area contributed by atoms with Crippen LogP contribution in [0.5, 0.6) is 11.5 Å². The highest BCUT2D eigenvalue weighted by Crippen LogP contribution is 2.28. The number of para-hydroxylation sites is 1. The predicted octanol–water partition coefficient (Wildman–Crippen LogP) is 3.55. The van der Waals surface area contributed by atoms with Crippen LogP contribution in [0.1, 0.15) is 5.56 Å². The molecular formula is C17H19BBrNO3. The summed E-state index contributed by atoms with van der Waals surface area (Å²) in [4.78, 5) is 1.97. The van der Waals surface area contributed by atoms with Crippen molar-refractivity contribution in [1.82, 2.24) is 4.81 Å². The summed E-state index contributed by atoms with van der Waals surface area (Å²) in [6.07, 6.45) is 0.191. The average Bonchev–Trinajstić information content (AvgIpc) is 2.48. The summed E-state index contributed by atoms with van der Waals surface area (Å²) in [6.45, 7) is 3.89. The fourth-order valence-corrected chi connectivity index (χ4v) is 2.89. The van der Waals surface area contributed by atoms with Crippen molar-refractivity contribution in [3.05, 3.63) is 58.6 Å². The van der Waals surface area contributed by atoms with Crippen LogP contribution in [-0.4, -0.2) is 36.1 Å². The number of nitrogens with zero attached hydrogens (tertiary/aromatic N) is 1. The zero-order chi connectivity index (χ0) is 16.2. The third-order valence-electron chi connectivity index (χ3n) is 3.88. The number of benzene rings is 2. The lowest BCUT2D eigenvalue weighted by molar-refractivity contribution is -0.0363. The molecule has 0 amide bonds. The van der Waals surface area contributed by atoms with Gasteiger partial charge in [0.2, 0.25) is 0 Å². The van der Waals surface area contributed by atoms with Crippen molar-refractivity contribution in [2.75, 3.05) is 13.1 Å². The van der Waals surface area contributed by atoms with Crippen molar-refractivity contribution < 1.29 is 14.5 Å². The van der Waals surface area contributed by atoms with Crippen LogP contribution >= 0.6 is 15.9 Å². The van der Waals surface area contributed by atoms with Crippen LogP contribution in [-0.2, 0) is 11.3 Å². The van der Waals surface area contributed by atoms with Gasteiger partial charge in [0.05, 0.1) is 12.7 Å². The molecule has 2 aromatic carbocycles. The SMILES string of the molecule is CB(O)N1CC(OCc2ccc(Oc3ccccc3)cc2Br)C1. The van der Waals surface area contributed by atoms with Crippen molar-refractivity contribution >= 4 is 23.0 Å². The van der Waals surface area contributed by atoms with Gasteiger partial charge in [0.25, 0.3) is 0 Å². The Morgan fingerprint density at radius 1 is 1.17 bits per heavy atom. The molecule has 6 heteroatoms. The van der Waals surface area contributed by atoms with Gasteiger partial charge in [0.15, 0.2) is 0 Å². The quantitative estimate of drug-likeness (QED) is 0.784. The Hall–Kier alpha value is -1.34. The largest absolute Gasteiger partial charge is 0.457 e. The summed E-state index contributed by atoms with van der Waals surface area (Å²) in [7, 11) is -0.393. The number of hydrogen-bond donors (Lipinski definition) is 1. The lowest BCUT2D eigenvalue weighted by Gasteiger charge is -2.39. The Labute approximate surface area is 145 Å². The molecule has 0 saturated carbocycles. The van der Waals surface area contributed by atoms with E-state index in [0.717, 1.165) is 34.6 Å². The van der Waals surface area contributed by atoms with E-state index in [-0.39, 0.29) is 6.10 Å². The Morgan fingerprint density at radius 2 is 1.91 bits per heavy atom. The number of hydrogen-bond acceptors (Lipinski definition) is 4. The van der Waals surface area contributed by atoms with Gasteiger partial charge in [-0.05, 0) is 36.7 Å². The molecule has 0 aliphatic carbocycles. The number of halogens is 1. The second-order valence-corrected chi connectivity index (χ2v) is 6.54. The second-order valence-electron chi connectivity index (χ2n) is 5.69. The molecule has 0 aromatic heterocycles.